The number of likely N-dealkylation sites (N-methyl/N-ethyl adjacent to an activating group) is 1. The van der Waals surface area contributed by atoms with Gasteiger partial charge in [0.1, 0.15) is 12.4 Å². The van der Waals surface area contributed by atoms with Gasteiger partial charge in [-0.1, -0.05) is 43.2 Å². The molecule has 0 fully saturated rings. The van der Waals surface area contributed by atoms with Crippen LogP contribution >= 0.6 is 0 Å². The number of aryl methyl sites for hydroxylation is 2. The smallest absolute Gasteiger partial charge is 0.251 e. The molecule has 0 bridgehead atoms. The normalized spacial score (nSPS) is 10.9. The molecule has 3 rings (SSSR count). The number of rotatable bonds is 10. The quantitative estimate of drug-likeness (QED) is 0.505. The van der Waals surface area contributed by atoms with E-state index < -0.39 is 0 Å². The summed E-state index contributed by atoms with van der Waals surface area (Å²) < 4.78 is 2.02. The fourth-order valence-corrected chi connectivity index (χ4v) is 3.52. The number of fused-ring (bicyclic) bond motifs is 1. The molecule has 31 heavy (non-hydrogen) atoms. The average Bonchev–Trinajstić information content (AvgIpc) is 3.12. The lowest BCUT2D eigenvalue weighted by molar-refractivity contribution is -0.130. The van der Waals surface area contributed by atoms with Crippen LogP contribution in [0.1, 0.15) is 47.9 Å². The van der Waals surface area contributed by atoms with E-state index in [1.807, 2.05) is 67.1 Å². The van der Waals surface area contributed by atoms with Crippen molar-refractivity contribution in [3.05, 3.63) is 65.5 Å². The number of amides is 2. The fourth-order valence-electron chi connectivity index (χ4n) is 3.52. The van der Waals surface area contributed by atoms with Crippen molar-refractivity contribution in [3.63, 3.8) is 0 Å². The van der Waals surface area contributed by atoms with E-state index in [0.717, 1.165) is 48.2 Å². The first-order chi connectivity index (χ1) is 15.0. The maximum Gasteiger partial charge on any atom is 0.251 e. The summed E-state index contributed by atoms with van der Waals surface area (Å²) in [5.74, 6) is 0.898. The summed E-state index contributed by atoms with van der Waals surface area (Å²) in [6, 6.07) is 15.5. The van der Waals surface area contributed by atoms with Crippen molar-refractivity contribution in [2.75, 3.05) is 20.1 Å². The molecule has 0 atom stereocenters. The molecule has 0 aliphatic heterocycles. The van der Waals surface area contributed by atoms with Gasteiger partial charge in [0.2, 0.25) is 5.91 Å². The Hall–Kier alpha value is -3.15. The Morgan fingerprint density at radius 3 is 2.55 bits per heavy atom. The first kappa shape index (κ1) is 22.5. The Labute approximate surface area is 184 Å². The highest BCUT2D eigenvalue weighted by Gasteiger charge is 2.16. The molecular weight excluding hydrogens is 388 g/mol. The molecular formula is C25H32N4O2. The first-order valence-corrected chi connectivity index (χ1v) is 11.0. The van der Waals surface area contributed by atoms with E-state index in [0.29, 0.717) is 18.5 Å². The van der Waals surface area contributed by atoms with Crippen LogP contribution in [0.4, 0.5) is 0 Å². The highest BCUT2D eigenvalue weighted by atomic mass is 16.2. The van der Waals surface area contributed by atoms with Crippen molar-refractivity contribution in [3.8, 4) is 0 Å². The lowest BCUT2D eigenvalue weighted by Crippen LogP contribution is -2.31. The van der Waals surface area contributed by atoms with Crippen LogP contribution in [-0.4, -0.2) is 46.4 Å². The summed E-state index contributed by atoms with van der Waals surface area (Å²) >= 11 is 0. The summed E-state index contributed by atoms with van der Waals surface area (Å²) in [6.45, 7) is 5.73. The molecule has 0 aliphatic rings. The molecule has 0 saturated heterocycles. The van der Waals surface area contributed by atoms with Crippen LogP contribution in [0.2, 0.25) is 0 Å². The lowest BCUT2D eigenvalue weighted by atomic mass is 10.1. The minimum atomic E-state index is -0.0683. The molecule has 3 aromatic rings. The minimum Gasteiger partial charge on any atom is -0.352 e. The van der Waals surface area contributed by atoms with E-state index in [9.17, 15) is 9.59 Å². The number of unbranched alkanes of at least 4 members (excludes halogenated alkanes) is 1. The SMILES string of the molecule is CCCCN(C)C(=O)Cn1c(CCCNC(=O)c2ccc(C)cc2)nc2ccccc21. The molecule has 0 spiro atoms. The maximum atomic E-state index is 12.7. The Balaban J connectivity index is 1.63. The highest BCUT2D eigenvalue weighted by Crippen LogP contribution is 2.17. The van der Waals surface area contributed by atoms with Crippen molar-refractivity contribution in [2.24, 2.45) is 0 Å². The molecule has 1 heterocycles. The Kier molecular flexibility index (Phi) is 7.82. The third-order valence-corrected chi connectivity index (χ3v) is 5.48. The van der Waals surface area contributed by atoms with Gasteiger partial charge in [-0.2, -0.15) is 0 Å². The van der Waals surface area contributed by atoms with E-state index in [2.05, 4.69) is 12.2 Å². The van der Waals surface area contributed by atoms with Crippen LogP contribution in [0.15, 0.2) is 48.5 Å². The number of benzene rings is 2. The predicted molar refractivity (Wildman–Crippen MR) is 124 cm³/mol. The zero-order valence-electron chi connectivity index (χ0n) is 18.7. The van der Waals surface area contributed by atoms with Gasteiger partial charge in [-0.05, 0) is 44.0 Å². The molecule has 0 unspecified atom stereocenters. The van der Waals surface area contributed by atoms with Crippen LogP contribution in [0, 0.1) is 6.92 Å². The average molecular weight is 421 g/mol. The maximum absolute atomic E-state index is 12.7. The van der Waals surface area contributed by atoms with E-state index in [-0.39, 0.29) is 18.4 Å². The molecule has 164 valence electrons. The third kappa shape index (κ3) is 5.94. The molecule has 2 amide bonds. The molecule has 1 N–H and O–H groups in total. The van der Waals surface area contributed by atoms with Crippen molar-refractivity contribution < 1.29 is 9.59 Å². The zero-order chi connectivity index (χ0) is 22.2. The zero-order valence-corrected chi connectivity index (χ0v) is 18.7. The summed E-state index contributed by atoms with van der Waals surface area (Å²) in [6.07, 6.45) is 3.50. The van der Waals surface area contributed by atoms with Gasteiger partial charge in [-0.3, -0.25) is 9.59 Å². The molecule has 1 aromatic heterocycles. The van der Waals surface area contributed by atoms with Crippen LogP contribution in [0.5, 0.6) is 0 Å². The topological polar surface area (TPSA) is 67.2 Å². The Morgan fingerprint density at radius 1 is 1.06 bits per heavy atom. The number of carbonyl (C=O) groups excluding carboxylic acids is 2. The lowest BCUT2D eigenvalue weighted by Gasteiger charge is -2.18. The van der Waals surface area contributed by atoms with Crippen LogP contribution < -0.4 is 5.32 Å². The number of hydrogen-bond donors (Lipinski definition) is 1. The largest absolute Gasteiger partial charge is 0.352 e. The number of nitrogens with zero attached hydrogens (tertiary/aromatic N) is 3. The van der Waals surface area contributed by atoms with Gasteiger partial charge in [0.25, 0.3) is 5.91 Å². The van der Waals surface area contributed by atoms with Gasteiger partial charge in [-0.25, -0.2) is 4.98 Å². The third-order valence-electron chi connectivity index (χ3n) is 5.48. The van der Waals surface area contributed by atoms with E-state index in [4.69, 9.17) is 4.98 Å². The number of aromatic nitrogens is 2. The monoisotopic (exact) mass is 420 g/mol. The summed E-state index contributed by atoms with van der Waals surface area (Å²) in [4.78, 5) is 31.6. The van der Waals surface area contributed by atoms with Gasteiger partial charge in [0, 0.05) is 32.1 Å². The van der Waals surface area contributed by atoms with Crippen LogP contribution in [0.3, 0.4) is 0 Å². The van der Waals surface area contributed by atoms with Crippen molar-refractivity contribution in [1.29, 1.82) is 0 Å². The van der Waals surface area contributed by atoms with E-state index in [1.165, 1.54) is 0 Å². The number of nitrogens with one attached hydrogen (secondary N) is 1. The Morgan fingerprint density at radius 2 is 1.81 bits per heavy atom. The number of imidazole rings is 1. The van der Waals surface area contributed by atoms with Crippen molar-refractivity contribution >= 4 is 22.8 Å². The van der Waals surface area contributed by atoms with Gasteiger partial charge >= 0.3 is 0 Å². The van der Waals surface area contributed by atoms with Crippen molar-refractivity contribution in [2.45, 2.75) is 46.1 Å². The predicted octanol–water partition coefficient (Wildman–Crippen LogP) is 3.97. The van der Waals surface area contributed by atoms with Gasteiger partial charge in [-0.15, -0.1) is 0 Å². The number of para-hydroxylation sites is 2. The van der Waals surface area contributed by atoms with Gasteiger partial charge in [0.15, 0.2) is 0 Å². The molecule has 0 radical (unpaired) electrons. The fraction of sp³-hybridized carbons (Fsp3) is 0.400. The number of carbonyl (C=O) groups is 2. The number of hydrogen-bond acceptors (Lipinski definition) is 3. The second-order valence-electron chi connectivity index (χ2n) is 8.00. The first-order valence-electron chi connectivity index (χ1n) is 11.0. The molecule has 0 aliphatic carbocycles. The van der Waals surface area contributed by atoms with E-state index in [1.54, 1.807) is 4.90 Å². The summed E-state index contributed by atoms with van der Waals surface area (Å²) in [5, 5.41) is 2.97. The highest BCUT2D eigenvalue weighted by molar-refractivity contribution is 5.94. The summed E-state index contributed by atoms with van der Waals surface area (Å²) in [7, 11) is 1.86. The van der Waals surface area contributed by atoms with Crippen molar-refractivity contribution in [1.82, 2.24) is 19.8 Å². The minimum absolute atomic E-state index is 0.0683. The molecule has 6 nitrogen and oxygen atoms in total. The van der Waals surface area contributed by atoms with Crippen LogP contribution in [0.25, 0.3) is 11.0 Å². The van der Waals surface area contributed by atoms with Gasteiger partial charge in [0.05, 0.1) is 11.0 Å². The molecule has 2 aromatic carbocycles. The second kappa shape index (κ2) is 10.8. The van der Waals surface area contributed by atoms with Crippen LogP contribution in [-0.2, 0) is 17.8 Å². The summed E-state index contributed by atoms with van der Waals surface area (Å²) in [5.41, 5.74) is 3.66. The van der Waals surface area contributed by atoms with Gasteiger partial charge < -0.3 is 14.8 Å². The molecule has 0 saturated carbocycles. The second-order valence-corrected chi connectivity index (χ2v) is 8.00. The van der Waals surface area contributed by atoms with E-state index >= 15 is 0 Å². The Bertz CT molecular complexity index is 1020. The standard InChI is InChI=1S/C25H32N4O2/c1-4-5-17-28(3)24(30)18-29-22-10-7-6-9-21(22)27-23(29)11-8-16-26-25(31)20-14-12-19(2)13-15-20/h6-7,9-10,12-15H,4-5,8,11,16-18H2,1-3H3,(H,26,31). The molecule has 6 heteroatoms.